The van der Waals surface area contributed by atoms with Crippen LogP contribution in [0.25, 0.3) is 0 Å². The molecule has 0 bridgehead atoms. The summed E-state index contributed by atoms with van der Waals surface area (Å²) in [5.41, 5.74) is 1.40. The van der Waals surface area contributed by atoms with E-state index in [1.165, 1.54) is 5.56 Å². The number of nitrogens with one attached hydrogen (secondary N) is 1. The van der Waals surface area contributed by atoms with Gasteiger partial charge in [0.05, 0.1) is 13.2 Å². The second-order valence-corrected chi connectivity index (χ2v) is 7.96. The molecule has 1 aromatic carbocycles. The summed E-state index contributed by atoms with van der Waals surface area (Å²) in [7, 11) is 0. The van der Waals surface area contributed by atoms with Crippen molar-refractivity contribution in [2.75, 3.05) is 72.1 Å². The summed E-state index contributed by atoms with van der Waals surface area (Å²) >= 11 is 0. The Balaban J connectivity index is 0.00000300. The minimum absolute atomic E-state index is 0. The Morgan fingerprint density at radius 3 is 2.38 bits per heavy atom. The second-order valence-electron chi connectivity index (χ2n) is 7.96. The number of hydrogen-bond acceptors (Lipinski definition) is 4. The first-order valence-corrected chi connectivity index (χ1v) is 10.8. The van der Waals surface area contributed by atoms with Crippen LogP contribution in [0.1, 0.15) is 19.4 Å². The average Bonchev–Trinajstić information content (AvgIpc) is 2.73. The van der Waals surface area contributed by atoms with Gasteiger partial charge in [-0.3, -0.25) is 14.8 Å². The van der Waals surface area contributed by atoms with Crippen LogP contribution in [0.15, 0.2) is 35.3 Å². The Labute approximate surface area is 193 Å². The number of aliphatic imine (C=N–C) groups is 1. The zero-order valence-corrected chi connectivity index (χ0v) is 20.4. The topological polar surface area (TPSA) is 43.3 Å². The van der Waals surface area contributed by atoms with E-state index in [4.69, 9.17) is 9.73 Å². The van der Waals surface area contributed by atoms with Crippen LogP contribution in [0.3, 0.4) is 0 Å². The molecule has 7 heteroatoms. The Hall–Kier alpha value is -0.900. The third-order valence-electron chi connectivity index (χ3n) is 5.48. The maximum atomic E-state index is 5.45. The second kappa shape index (κ2) is 13.4. The first-order valence-electron chi connectivity index (χ1n) is 10.8. The van der Waals surface area contributed by atoms with Gasteiger partial charge in [-0.15, -0.1) is 24.0 Å². The summed E-state index contributed by atoms with van der Waals surface area (Å²) < 4.78 is 5.45. The molecule has 0 spiro atoms. The highest BCUT2D eigenvalue weighted by Crippen LogP contribution is 2.09. The molecule has 3 rings (SSSR count). The van der Waals surface area contributed by atoms with Crippen molar-refractivity contribution in [1.82, 2.24) is 20.0 Å². The summed E-state index contributed by atoms with van der Waals surface area (Å²) in [4.78, 5) is 12.4. The van der Waals surface area contributed by atoms with Crippen molar-refractivity contribution in [3.8, 4) is 0 Å². The molecule has 2 saturated heterocycles. The van der Waals surface area contributed by atoms with E-state index in [1.54, 1.807) is 0 Å². The van der Waals surface area contributed by atoms with Crippen molar-refractivity contribution in [3.63, 3.8) is 0 Å². The molecular formula is C22H38IN5O. The molecule has 0 amide bonds. The molecule has 0 aromatic heterocycles. The van der Waals surface area contributed by atoms with Crippen molar-refractivity contribution < 1.29 is 4.74 Å². The number of hydrogen-bond donors (Lipinski definition) is 1. The summed E-state index contributed by atoms with van der Waals surface area (Å²) in [6.45, 7) is 16.5. The lowest BCUT2D eigenvalue weighted by Crippen LogP contribution is -2.52. The van der Waals surface area contributed by atoms with E-state index in [9.17, 15) is 0 Å². The molecule has 2 fully saturated rings. The Bertz CT molecular complexity index is 586. The predicted octanol–water partition coefficient (Wildman–Crippen LogP) is 2.36. The van der Waals surface area contributed by atoms with Gasteiger partial charge in [-0.25, -0.2) is 0 Å². The largest absolute Gasteiger partial charge is 0.379 e. The van der Waals surface area contributed by atoms with Crippen LogP contribution in [-0.2, 0) is 11.3 Å². The van der Waals surface area contributed by atoms with E-state index in [-0.39, 0.29) is 24.0 Å². The standard InChI is InChI=1S/C22H37N5O.HI/c1-3-23-22(24-17-20(2)18-26-13-15-28-16-14-26)27-11-9-25(10-12-27)19-21-7-5-4-6-8-21;/h4-8,20H,3,9-19H2,1-2H3,(H,23,24);1H. The number of guanidine groups is 1. The molecule has 1 N–H and O–H groups in total. The minimum atomic E-state index is 0. The summed E-state index contributed by atoms with van der Waals surface area (Å²) in [6.07, 6.45) is 0. The van der Waals surface area contributed by atoms with Gasteiger partial charge in [0.1, 0.15) is 0 Å². The molecule has 29 heavy (non-hydrogen) atoms. The lowest BCUT2D eigenvalue weighted by atomic mass is 10.1. The molecule has 0 aliphatic carbocycles. The smallest absolute Gasteiger partial charge is 0.194 e. The molecule has 0 saturated carbocycles. The summed E-state index contributed by atoms with van der Waals surface area (Å²) in [5.74, 6) is 1.64. The third-order valence-corrected chi connectivity index (χ3v) is 5.48. The molecule has 1 unspecified atom stereocenters. The van der Waals surface area contributed by atoms with Crippen LogP contribution >= 0.6 is 24.0 Å². The first-order chi connectivity index (χ1) is 13.7. The molecule has 1 aromatic rings. The summed E-state index contributed by atoms with van der Waals surface area (Å²) in [6, 6.07) is 10.8. The number of rotatable bonds is 7. The van der Waals surface area contributed by atoms with Crippen molar-refractivity contribution in [2.45, 2.75) is 20.4 Å². The van der Waals surface area contributed by atoms with Crippen molar-refractivity contribution in [1.29, 1.82) is 0 Å². The maximum absolute atomic E-state index is 5.45. The summed E-state index contributed by atoms with van der Waals surface area (Å²) in [5, 5.41) is 3.50. The first kappa shape index (κ1) is 24.4. The monoisotopic (exact) mass is 515 g/mol. The van der Waals surface area contributed by atoms with E-state index in [0.717, 1.165) is 84.6 Å². The zero-order valence-electron chi connectivity index (χ0n) is 18.1. The number of halogens is 1. The number of morpholine rings is 1. The number of nitrogens with zero attached hydrogens (tertiary/aromatic N) is 4. The van der Waals surface area contributed by atoms with Gasteiger partial charge in [-0.2, -0.15) is 0 Å². The highest BCUT2D eigenvalue weighted by atomic mass is 127. The Morgan fingerprint density at radius 1 is 1.03 bits per heavy atom. The minimum Gasteiger partial charge on any atom is -0.379 e. The van der Waals surface area contributed by atoms with Crippen LogP contribution in [0, 0.1) is 5.92 Å². The Kier molecular flexibility index (Phi) is 11.3. The van der Waals surface area contributed by atoms with Crippen LogP contribution in [0.2, 0.25) is 0 Å². The number of ether oxygens (including phenoxy) is 1. The Morgan fingerprint density at radius 2 is 1.72 bits per heavy atom. The number of benzene rings is 1. The lowest BCUT2D eigenvalue weighted by Gasteiger charge is -2.36. The maximum Gasteiger partial charge on any atom is 0.194 e. The molecule has 2 heterocycles. The van der Waals surface area contributed by atoms with Crippen LogP contribution in [-0.4, -0.2) is 92.8 Å². The van der Waals surface area contributed by atoms with E-state index < -0.39 is 0 Å². The molecule has 6 nitrogen and oxygen atoms in total. The predicted molar refractivity (Wildman–Crippen MR) is 131 cm³/mol. The normalized spacial score (nSPS) is 20.2. The molecule has 2 aliphatic heterocycles. The van der Waals surface area contributed by atoms with Crippen LogP contribution in [0.5, 0.6) is 0 Å². The van der Waals surface area contributed by atoms with Gasteiger partial charge >= 0.3 is 0 Å². The van der Waals surface area contributed by atoms with E-state index in [0.29, 0.717) is 5.92 Å². The van der Waals surface area contributed by atoms with Gasteiger partial charge in [-0.1, -0.05) is 37.3 Å². The van der Waals surface area contributed by atoms with Gasteiger partial charge < -0.3 is 15.0 Å². The highest BCUT2D eigenvalue weighted by Gasteiger charge is 2.20. The zero-order chi connectivity index (χ0) is 19.6. The average molecular weight is 515 g/mol. The van der Waals surface area contributed by atoms with Crippen LogP contribution in [0.4, 0.5) is 0 Å². The highest BCUT2D eigenvalue weighted by molar-refractivity contribution is 14.0. The molecule has 164 valence electrons. The fraction of sp³-hybridized carbons (Fsp3) is 0.682. The third kappa shape index (κ3) is 8.39. The van der Waals surface area contributed by atoms with E-state index >= 15 is 0 Å². The van der Waals surface area contributed by atoms with Gasteiger partial charge in [0.15, 0.2) is 5.96 Å². The van der Waals surface area contributed by atoms with Gasteiger partial charge in [-0.05, 0) is 18.4 Å². The van der Waals surface area contributed by atoms with Gasteiger partial charge in [0.2, 0.25) is 0 Å². The van der Waals surface area contributed by atoms with E-state index in [1.807, 2.05) is 0 Å². The number of piperazine rings is 1. The SMILES string of the molecule is CCNC(=NCC(C)CN1CCOCC1)N1CCN(Cc2ccccc2)CC1.I. The van der Waals surface area contributed by atoms with Crippen molar-refractivity contribution in [3.05, 3.63) is 35.9 Å². The fourth-order valence-electron chi connectivity index (χ4n) is 3.91. The van der Waals surface area contributed by atoms with Crippen molar-refractivity contribution >= 4 is 29.9 Å². The van der Waals surface area contributed by atoms with E-state index in [2.05, 4.69) is 64.2 Å². The molecular weight excluding hydrogens is 477 g/mol. The molecule has 0 radical (unpaired) electrons. The lowest BCUT2D eigenvalue weighted by molar-refractivity contribution is 0.0323. The fourth-order valence-corrected chi connectivity index (χ4v) is 3.91. The van der Waals surface area contributed by atoms with Crippen molar-refractivity contribution in [2.24, 2.45) is 10.9 Å². The molecule has 1 atom stereocenters. The van der Waals surface area contributed by atoms with Gasteiger partial charge in [0, 0.05) is 65.4 Å². The molecule has 2 aliphatic rings. The quantitative estimate of drug-likeness (QED) is 0.343. The van der Waals surface area contributed by atoms with Gasteiger partial charge in [0.25, 0.3) is 0 Å². The van der Waals surface area contributed by atoms with Crippen LogP contribution < -0.4 is 5.32 Å².